The average Bonchev–Trinajstić information content (AvgIpc) is 2.62. The second kappa shape index (κ2) is 9.89. The summed E-state index contributed by atoms with van der Waals surface area (Å²) in [5.41, 5.74) is 1.97. The largest absolute Gasteiger partial charge is 0.434 e. The van der Waals surface area contributed by atoms with E-state index in [4.69, 9.17) is 11.6 Å². The zero-order valence-electron chi connectivity index (χ0n) is 16.2. The number of ether oxygens (including phenoxy) is 1. The second-order valence-electron chi connectivity index (χ2n) is 6.28. The van der Waals surface area contributed by atoms with Crippen molar-refractivity contribution >= 4 is 27.4 Å². The van der Waals surface area contributed by atoms with Gasteiger partial charge in [-0.05, 0) is 42.3 Å². The minimum absolute atomic E-state index is 0.0272. The van der Waals surface area contributed by atoms with E-state index < -0.39 is 16.4 Å². The Morgan fingerprint density at radius 2 is 1.86 bits per heavy atom. The Hall–Kier alpha value is -2.39. The fourth-order valence-electron chi connectivity index (χ4n) is 2.72. The van der Waals surface area contributed by atoms with E-state index >= 15 is 0 Å². The fraction of sp³-hybridized carbons (Fsp3) is 0.316. The normalized spacial score (nSPS) is 12.2. The first-order chi connectivity index (χ1) is 13.6. The third-order valence-electron chi connectivity index (χ3n) is 4.01. The highest BCUT2D eigenvalue weighted by Crippen LogP contribution is 2.24. The number of hydrogen-bond donors (Lipinski definition) is 2. The molecular formula is C19H22ClF2N3O3S. The third-order valence-corrected chi connectivity index (χ3v) is 5.50. The lowest BCUT2D eigenvalue weighted by Gasteiger charge is -2.15. The zero-order valence-corrected chi connectivity index (χ0v) is 17.7. The number of alkyl halides is 2. The van der Waals surface area contributed by atoms with Gasteiger partial charge in [-0.25, -0.2) is 8.42 Å². The molecule has 2 aromatic rings. The SMILES string of the molecule is CN=C(NCc1ccc(S(C)(=O)=O)c(C)c1)NCc1cc(Cl)ccc1OC(F)F. The highest BCUT2D eigenvalue weighted by molar-refractivity contribution is 7.90. The van der Waals surface area contributed by atoms with Gasteiger partial charge in [0.25, 0.3) is 0 Å². The number of benzene rings is 2. The highest BCUT2D eigenvalue weighted by atomic mass is 35.5. The lowest BCUT2D eigenvalue weighted by atomic mass is 10.1. The van der Waals surface area contributed by atoms with Gasteiger partial charge in [-0.1, -0.05) is 23.7 Å². The molecule has 0 fully saturated rings. The van der Waals surface area contributed by atoms with Gasteiger partial charge >= 0.3 is 6.61 Å². The summed E-state index contributed by atoms with van der Waals surface area (Å²) in [5.74, 6) is 0.456. The predicted molar refractivity (Wildman–Crippen MR) is 109 cm³/mol. The van der Waals surface area contributed by atoms with Crippen molar-refractivity contribution in [2.24, 2.45) is 4.99 Å². The molecule has 158 valence electrons. The first kappa shape index (κ1) is 22.9. The van der Waals surface area contributed by atoms with E-state index in [1.807, 2.05) is 0 Å². The minimum Gasteiger partial charge on any atom is -0.434 e. The number of aryl methyl sites for hydroxylation is 1. The van der Waals surface area contributed by atoms with E-state index in [9.17, 15) is 17.2 Å². The number of nitrogens with one attached hydrogen (secondary N) is 2. The second-order valence-corrected chi connectivity index (χ2v) is 8.70. The van der Waals surface area contributed by atoms with Crippen LogP contribution in [0.4, 0.5) is 8.78 Å². The highest BCUT2D eigenvalue weighted by Gasteiger charge is 2.12. The van der Waals surface area contributed by atoms with Crippen molar-refractivity contribution in [1.29, 1.82) is 0 Å². The molecule has 0 radical (unpaired) electrons. The maximum Gasteiger partial charge on any atom is 0.387 e. The molecule has 0 aliphatic rings. The van der Waals surface area contributed by atoms with Crippen molar-refractivity contribution in [3.05, 3.63) is 58.1 Å². The molecule has 0 atom stereocenters. The average molecular weight is 446 g/mol. The molecule has 6 nitrogen and oxygen atoms in total. The molecule has 2 rings (SSSR count). The molecular weight excluding hydrogens is 424 g/mol. The van der Waals surface area contributed by atoms with E-state index in [-0.39, 0.29) is 17.2 Å². The molecule has 0 saturated heterocycles. The summed E-state index contributed by atoms with van der Waals surface area (Å²) in [4.78, 5) is 4.38. The molecule has 0 spiro atoms. The molecule has 0 amide bonds. The van der Waals surface area contributed by atoms with Crippen LogP contribution in [-0.4, -0.2) is 34.3 Å². The van der Waals surface area contributed by atoms with Gasteiger partial charge in [0.05, 0.1) is 4.90 Å². The molecule has 10 heteroatoms. The van der Waals surface area contributed by atoms with Crippen LogP contribution in [0.25, 0.3) is 0 Å². The van der Waals surface area contributed by atoms with Crippen molar-refractivity contribution in [2.75, 3.05) is 13.3 Å². The van der Waals surface area contributed by atoms with E-state index in [2.05, 4.69) is 20.4 Å². The smallest absolute Gasteiger partial charge is 0.387 e. The first-order valence-electron chi connectivity index (χ1n) is 8.57. The van der Waals surface area contributed by atoms with Gasteiger partial charge in [0.15, 0.2) is 15.8 Å². The quantitative estimate of drug-likeness (QED) is 0.503. The van der Waals surface area contributed by atoms with Gasteiger partial charge in [0.1, 0.15) is 5.75 Å². The number of rotatable bonds is 7. The monoisotopic (exact) mass is 445 g/mol. The standard InChI is InChI=1S/C19H22ClF2N3O3S/c1-12-8-13(4-7-17(12)29(3,26)27)10-24-19(23-2)25-11-14-9-15(20)5-6-16(14)28-18(21)22/h4-9,18H,10-11H2,1-3H3,(H2,23,24,25). The van der Waals surface area contributed by atoms with Crippen molar-refractivity contribution in [3.8, 4) is 5.75 Å². The van der Waals surface area contributed by atoms with Crippen LogP contribution in [0.2, 0.25) is 5.02 Å². The van der Waals surface area contributed by atoms with E-state index in [1.54, 1.807) is 32.2 Å². The van der Waals surface area contributed by atoms with Crippen LogP contribution in [0.3, 0.4) is 0 Å². The molecule has 0 aliphatic carbocycles. The number of hydrogen-bond acceptors (Lipinski definition) is 4. The Morgan fingerprint density at radius 1 is 1.17 bits per heavy atom. The Bertz CT molecular complexity index is 998. The Balaban J connectivity index is 2.02. The van der Waals surface area contributed by atoms with Gasteiger partial charge in [0.2, 0.25) is 0 Å². The van der Waals surface area contributed by atoms with Crippen molar-refractivity contribution < 1.29 is 21.9 Å². The molecule has 0 aliphatic heterocycles. The predicted octanol–water partition coefficient (Wildman–Crippen LogP) is 3.52. The van der Waals surface area contributed by atoms with Crippen molar-refractivity contribution in [2.45, 2.75) is 31.5 Å². The molecule has 0 bridgehead atoms. The lowest BCUT2D eigenvalue weighted by Crippen LogP contribution is -2.36. The van der Waals surface area contributed by atoms with Gasteiger partial charge in [-0.3, -0.25) is 4.99 Å². The molecule has 2 aromatic carbocycles. The van der Waals surface area contributed by atoms with Crippen molar-refractivity contribution in [1.82, 2.24) is 10.6 Å². The maximum absolute atomic E-state index is 12.6. The van der Waals surface area contributed by atoms with E-state index in [0.29, 0.717) is 28.7 Å². The summed E-state index contributed by atoms with van der Waals surface area (Å²) in [6.07, 6.45) is 1.17. The van der Waals surface area contributed by atoms with Crippen molar-refractivity contribution in [3.63, 3.8) is 0 Å². The van der Waals surface area contributed by atoms with Gasteiger partial charge in [-0.15, -0.1) is 0 Å². The first-order valence-corrected chi connectivity index (χ1v) is 10.8. The summed E-state index contributed by atoms with van der Waals surface area (Å²) in [6, 6.07) is 9.45. The molecule has 0 aromatic heterocycles. The van der Waals surface area contributed by atoms with Crippen LogP contribution in [0.15, 0.2) is 46.3 Å². The number of sulfone groups is 1. The lowest BCUT2D eigenvalue weighted by molar-refractivity contribution is -0.0504. The zero-order chi connectivity index (χ0) is 21.6. The maximum atomic E-state index is 12.6. The molecule has 0 heterocycles. The molecule has 29 heavy (non-hydrogen) atoms. The number of nitrogens with zero attached hydrogens (tertiary/aromatic N) is 1. The van der Waals surface area contributed by atoms with Crippen LogP contribution < -0.4 is 15.4 Å². The van der Waals surface area contributed by atoms with E-state index in [1.165, 1.54) is 24.5 Å². The van der Waals surface area contributed by atoms with Crippen LogP contribution in [0, 0.1) is 6.92 Å². The number of halogens is 3. The third kappa shape index (κ3) is 6.86. The summed E-state index contributed by atoms with van der Waals surface area (Å²) in [5, 5.41) is 6.49. The van der Waals surface area contributed by atoms with Gasteiger partial charge in [0, 0.05) is 37.0 Å². The molecule has 0 saturated carbocycles. The van der Waals surface area contributed by atoms with Gasteiger partial charge in [-0.2, -0.15) is 8.78 Å². The van der Waals surface area contributed by atoms with Crippen LogP contribution in [-0.2, 0) is 22.9 Å². The molecule has 2 N–H and O–H groups in total. The fourth-order valence-corrected chi connectivity index (χ4v) is 3.87. The Labute approximate surface area is 173 Å². The summed E-state index contributed by atoms with van der Waals surface area (Å²) >= 11 is 5.94. The van der Waals surface area contributed by atoms with Crippen LogP contribution in [0.5, 0.6) is 5.75 Å². The Morgan fingerprint density at radius 3 is 2.45 bits per heavy atom. The summed E-state index contributed by atoms with van der Waals surface area (Å²) in [7, 11) is -1.70. The Kier molecular flexibility index (Phi) is 7.80. The summed E-state index contributed by atoms with van der Waals surface area (Å²) in [6.45, 7) is -0.656. The van der Waals surface area contributed by atoms with E-state index in [0.717, 1.165) is 5.56 Å². The topological polar surface area (TPSA) is 79.8 Å². The van der Waals surface area contributed by atoms with Gasteiger partial charge < -0.3 is 15.4 Å². The number of aliphatic imine (C=N–C) groups is 1. The minimum atomic E-state index is -3.27. The number of guanidine groups is 1. The van der Waals surface area contributed by atoms with Crippen LogP contribution in [0.1, 0.15) is 16.7 Å². The van der Waals surface area contributed by atoms with Crippen LogP contribution >= 0.6 is 11.6 Å². The molecule has 0 unspecified atom stereocenters. The summed E-state index contributed by atoms with van der Waals surface area (Å²) < 4.78 is 53.0.